The van der Waals surface area contributed by atoms with Crippen molar-refractivity contribution in [2.45, 2.75) is 13.3 Å². The maximum atomic E-state index is 12.7. The summed E-state index contributed by atoms with van der Waals surface area (Å²) in [4.78, 5) is 21.1. The highest BCUT2D eigenvalue weighted by atomic mass is 16.5. The third kappa shape index (κ3) is 4.42. The molecule has 2 rings (SSSR count). The van der Waals surface area contributed by atoms with Gasteiger partial charge in [0.1, 0.15) is 5.56 Å². The van der Waals surface area contributed by atoms with Crippen LogP contribution in [-0.2, 0) is 4.74 Å². The van der Waals surface area contributed by atoms with E-state index in [1.807, 2.05) is 11.8 Å². The predicted molar refractivity (Wildman–Crippen MR) is 84.2 cm³/mol. The Balaban J connectivity index is 2.01. The highest BCUT2D eigenvalue weighted by molar-refractivity contribution is 5.96. The second-order valence-corrected chi connectivity index (χ2v) is 5.27. The zero-order chi connectivity index (χ0) is 15.8. The maximum absolute atomic E-state index is 12.7. The number of methoxy groups -OCH3 is 1. The molecule has 6 heteroatoms. The first kappa shape index (κ1) is 16.7. The van der Waals surface area contributed by atoms with Crippen LogP contribution in [0.25, 0.3) is 0 Å². The van der Waals surface area contributed by atoms with Crippen LogP contribution < -0.4 is 4.74 Å². The number of hydrogen-bond acceptors (Lipinski definition) is 5. The summed E-state index contributed by atoms with van der Waals surface area (Å²) in [5.74, 6) is 0.431. The van der Waals surface area contributed by atoms with Crippen molar-refractivity contribution in [1.82, 2.24) is 14.8 Å². The highest BCUT2D eigenvalue weighted by Gasteiger charge is 2.23. The molecule has 2 heterocycles. The van der Waals surface area contributed by atoms with Crippen LogP contribution in [0, 0.1) is 0 Å². The molecule has 122 valence electrons. The minimum absolute atomic E-state index is 0.00476. The zero-order valence-corrected chi connectivity index (χ0v) is 13.5. The van der Waals surface area contributed by atoms with Gasteiger partial charge in [-0.2, -0.15) is 0 Å². The van der Waals surface area contributed by atoms with Gasteiger partial charge in [0, 0.05) is 39.5 Å². The monoisotopic (exact) mass is 307 g/mol. The average molecular weight is 307 g/mol. The number of carbonyl (C=O) groups excluding carboxylic acids is 1. The largest absolute Gasteiger partial charge is 0.477 e. The van der Waals surface area contributed by atoms with Crippen molar-refractivity contribution in [1.29, 1.82) is 0 Å². The fourth-order valence-electron chi connectivity index (χ4n) is 2.59. The third-order valence-electron chi connectivity index (χ3n) is 3.77. The van der Waals surface area contributed by atoms with Gasteiger partial charge in [0.15, 0.2) is 0 Å². The van der Waals surface area contributed by atoms with Crippen molar-refractivity contribution in [3.63, 3.8) is 0 Å². The normalized spacial score (nSPS) is 16.4. The Morgan fingerprint density at radius 3 is 2.95 bits per heavy atom. The highest BCUT2D eigenvalue weighted by Crippen LogP contribution is 2.18. The number of amides is 1. The van der Waals surface area contributed by atoms with Gasteiger partial charge in [-0.05, 0) is 32.0 Å². The fraction of sp³-hybridized carbons (Fsp3) is 0.625. The molecule has 1 saturated heterocycles. The lowest BCUT2D eigenvalue weighted by atomic mass is 10.2. The van der Waals surface area contributed by atoms with Crippen LogP contribution in [0.3, 0.4) is 0 Å². The molecular formula is C16H25N3O3. The molecule has 1 fully saturated rings. The SMILES string of the molecule is CCOc1ncccc1C(=O)N1CCCN(CCOC)CC1. The summed E-state index contributed by atoms with van der Waals surface area (Å²) in [5, 5.41) is 0. The summed E-state index contributed by atoms with van der Waals surface area (Å²) in [7, 11) is 1.71. The molecular weight excluding hydrogens is 282 g/mol. The Hall–Kier alpha value is -1.66. The zero-order valence-electron chi connectivity index (χ0n) is 13.5. The molecule has 0 saturated carbocycles. The molecule has 22 heavy (non-hydrogen) atoms. The minimum atomic E-state index is 0.00476. The third-order valence-corrected chi connectivity index (χ3v) is 3.77. The van der Waals surface area contributed by atoms with E-state index in [9.17, 15) is 4.79 Å². The molecule has 0 radical (unpaired) electrons. The van der Waals surface area contributed by atoms with Gasteiger partial charge in [-0.3, -0.25) is 9.69 Å². The van der Waals surface area contributed by atoms with E-state index in [2.05, 4.69) is 9.88 Å². The minimum Gasteiger partial charge on any atom is -0.477 e. The van der Waals surface area contributed by atoms with Gasteiger partial charge in [0.25, 0.3) is 5.91 Å². The van der Waals surface area contributed by atoms with Crippen LogP contribution in [0.15, 0.2) is 18.3 Å². The van der Waals surface area contributed by atoms with Gasteiger partial charge in [-0.25, -0.2) is 4.98 Å². The summed E-state index contributed by atoms with van der Waals surface area (Å²) in [6.45, 7) is 7.40. The molecule has 0 spiro atoms. The fourth-order valence-corrected chi connectivity index (χ4v) is 2.59. The molecule has 0 unspecified atom stereocenters. The van der Waals surface area contributed by atoms with Crippen LogP contribution in [-0.4, -0.2) is 73.7 Å². The molecule has 0 aliphatic carbocycles. The molecule has 0 atom stereocenters. The molecule has 0 N–H and O–H groups in total. The van der Waals surface area contributed by atoms with Gasteiger partial charge < -0.3 is 14.4 Å². The lowest BCUT2D eigenvalue weighted by Crippen LogP contribution is -2.36. The van der Waals surface area contributed by atoms with Crippen molar-refractivity contribution < 1.29 is 14.3 Å². The van der Waals surface area contributed by atoms with Crippen LogP contribution in [0.4, 0.5) is 0 Å². The quantitative estimate of drug-likeness (QED) is 0.792. The van der Waals surface area contributed by atoms with Gasteiger partial charge in [0.2, 0.25) is 5.88 Å². The topological polar surface area (TPSA) is 54.9 Å². The van der Waals surface area contributed by atoms with E-state index in [0.29, 0.717) is 18.1 Å². The second kappa shape index (κ2) is 8.70. The first-order valence-corrected chi connectivity index (χ1v) is 7.84. The Kier molecular flexibility index (Phi) is 6.61. The van der Waals surface area contributed by atoms with Crippen LogP contribution in [0.2, 0.25) is 0 Å². The van der Waals surface area contributed by atoms with E-state index in [0.717, 1.165) is 45.8 Å². The van der Waals surface area contributed by atoms with Crippen molar-refractivity contribution in [3.05, 3.63) is 23.9 Å². The van der Waals surface area contributed by atoms with Gasteiger partial charge in [-0.1, -0.05) is 0 Å². The number of pyridine rings is 1. The summed E-state index contributed by atoms with van der Waals surface area (Å²) >= 11 is 0. The predicted octanol–water partition coefficient (Wildman–Crippen LogP) is 1.27. The summed E-state index contributed by atoms with van der Waals surface area (Å²) < 4.78 is 10.6. The van der Waals surface area contributed by atoms with E-state index in [-0.39, 0.29) is 5.91 Å². The smallest absolute Gasteiger partial charge is 0.259 e. The number of nitrogens with zero attached hydrogens (tertiary/aromatic N) is 3. The van der Waals surface area contributed by atoms with E-state index < -0.39 is 0 Å². The molecule has 1 amide bonds. The first-order valence-electron chi connectivity index (χ1n) is 7.84. The molecule has 1 aliphatic rings. The van der Waals surface area contributed by atoms with Gasteiger partial charge in [-0.15, -0.1) is 0 Å². The molecule has 1 aromatic rings. The molecule has 1 aliphatic heterocycles. The maximum Gasteiger partial charge on any atom is 0.259 e. The molecule has 0 aromatic carbocycles. The standard InChI is InChI=1S/C16H25N3O3/c1-3-22-15-14(6-4-7-17-15)16(20)19-9-5-8-18(10-11-19)12-13-21-2/h4,6-7H,3,5,8-13H2,1-2H3. The molecule has 0 bridgehead atoms. The van der Waals surface area contributed by atoms with E-state index in [4.69, 9.17) is 9.47 Å². The summed E-state index contributed by atoms with van der Waals surface area (Å²) in [6.07, 6.45) is 2.62. The first-order chi connectivity index (χ1) is 10.8. The van der Waals surface area contributed by atoms with Crippen molar-refractivity contribution in [2.24, 2.45) is 0 Å². The Morgan fingerprint density at radius 2 is 2.18 bits per heavy atom. The Morgan fingerprint density at radius 1 is 1.32 bits per heavy atom. The number of aromatic nitrogens is 1. The van der Waals surface area contributed by atoms with E-state index in [1.165, 1.54) is 0 Å². The number of hydrogen-bond donors (Lipinski definition) is 0. The van der Waals surface area contributed by atoms with Crippen molar-refractivity contribution >= 4 is 5.91 Å². The Bertz CT molecular complexity index is 481. The second-order valence-electron chi connectivity index (χ2n) is 5.27. The summed E-state index contributed by atoms with van der Waals surface area (Å²) in [6, 6.07) is 3.56. The number of ether oxygens (including phenoxy) is 2. The lowest BCUT2D eigenvalue weighted by Gasteiger charge is -2.22. The van der Waals surface area contributed by atoms with E-state index >= 15 is 0 Å². The van der Waals surface area contributed by atoms with Crippen LogP contribution in [0.1, 0.15) is 23.7 Å². The van der Waals surface area contributed by atoms with Crippen molar-refractivity contribution in [2.75, 3.05) is 53.0 Å². The van der Waals surface area contributed by atoms with Crippen molar-refractivity contribution in [3.8, 4) is 5.88 Å². The van der Waals surface area contributed by atoms with Crippen LogP contribution in [0.5, 0.6) is 5.88 Å². The van der Waals surface area contributed by atoms with Gasteiger partial charge in [0.05, 0.1) is 13.2 Å². The lowest BCUT2D eigenvalue weighted by molar-refractivity contribution is 0.0754. The summed E-state index contributed by atoms with van der Waals surface area (Å²) in [5.41, 5.74) is 0.551. The number of rotatable bonds is 6. The van der Waals surface area contributed by atoms with Gasteiger partial charge >= 0.3 is 0 Å². The van der Waals surface area contributed by atoms with Crippen LogP contribution >= 0.6 is 0 Å². The number of carbonyl (C=O) groups is 1. The Labute approximate surface area is 132 Å². The molecule has 1 aromatic heterocycles. The average Bonchev–Trinajstić information content (AvgIpc) is 2.79. The molecule has 6 nitrogen and oxygen atoms in total. The van der Waals surface area contributed by atoms with E-state index in [1.54, 1.807) is 25.4 Å².